The summed E-state index contributed by atoms with van der Waals surface area (Å²) >= 11 is 3.77. The number of nitrogens with two attached hydrogens (primary N) is 2. The van der Waals surface area contributed by atoms with Crippen LogP contribution in [0.15, 0.2) is 109 Å². The van der Waals surface area contributed by atoms with Crippen molar-refractivity contribution < 1.29 is 4.74 Å². The second kappa shape index (κ2) is 14.5. The van der Waals surface area contributed by atoms with E-state index in [0.29, 0.717) is 13.1 Å². The van der Waals surface area contributed by atoms with Crippen molar-refractivity contribution in [3.05, 3.63) is 120 Å². The fourth-order valence-electron chi connectivity index (χ4n) is 4.63. The zero-order chi connectivity index (χ0) is 25.9. The van der Waals surface area contributed by atoms with Gasteiger partial charge in [0.1, 0.15) is 6.10 Å². The number of benzene rings is 4. The molecule has 0 atom stereocenters. The fourth-order valence-corrected chi connectivity index (χ4v) is 6.75. The molecule has 0 radical (unpaired) electrons. The molecule has 188 valence electrons. The van der Waals surface area contributed by atoms with Crippen molar-refractivity contribution in [2.45, 2.75) is 6.10 Å². The van der Waals surface area contributed by atoms with Gasteiger partial charge in [-0.15, -0.1) is 0 Å². The van der Waals surface area contributed by atoms with E-state index in [1.165, 1.54) is 21.9 Å². The van der Waals surface area contributed by atoms with Crippen LogP contribution in [0, 0.1) is 0 Å². The van der Waals surface area contributed by atoms with Crippen molar-refractivity contribution in [2.75, 3.05) is 31.7 Å². The highest BCUT2D eigenvalue weighted by Gasteiger charge is 2.24. The Balaban J connectivity index is 1.67. The van der Waals surface area contributed by atoms with Gasteiger partial charge in [0.2, 0.25) is 0 Å². The lowest BCUT2D eigenvalue weighted by Gasteiger charge is -2.21. The fraction of sp³-hybridized carbons (Fsp3) is 0.200. The molecule has 0 aromatic heterocycles. The predicted octanol–water partition coefficient (Wildman–Crippen LogP) is 3.02. The topological polar surface area (TPSA) is 61.3 Å². The van der Waals surface area contributed by atoms with Gasteiger partial charge in [0.15, 0.2) is 0 Å². The summed E-state index contributed by atoms with van der Waals surface area (Å²) in [6, 6.07) is 38.9. The molecule has 0 spiro atoms. The molecule has 4 aromatic carbocycles. The summed E-state index contributed by atoms with van der Waals surface area (Å²) in [7, 11) is 1.79. The Hall–Kier alpha value is -2.41. The van der Waals surface area contributed by atoms with E-state index in [2.05, 4.69) is 109 Å². The smallest absolute Gasteiger partial charge is 0.274 e. The number of hydrogen-bond acceptors (Lipinski definition) is 5. The number of methoxy groups -OCH3 is 1. The molecule has 4 rings (SSSR count). The molecule has 37 heavy (non-hydrogen) atoms. The zero-order valence-corrected chi connectivity index (χ0v) is 23.0. The predicted molar refractivity (Wildman–Crippen MR) is 168 cm³/mol. The lowest BCUT2D eigenvalue weighted by atomic mass is 9.61. The van der Waals surface area contributed by atoms with Gasteiger partial charge >= 0.3 is 0 Å². The first-order chi connectivity index (χ1) is 18.2. The highest BCUT2D eigenvalue weighted by molar-refractivity contribution is 8.28. The van der Waals surface area contributed by atoms with Crippen molar-refractivity contribution in [3.63, 3.8) is 0 Å². The Bertz CT molecular complexity index is 1140. The molecular weight excluding hydrogens is 490 g/mol. The third-order valence-electron chi connectivity index (χ3n) is 6.28. The summed E-state index contributed by atoms with van der Waals surface area (Å²) in [5.74, 6) is 2.26. The van der Waals surface area contributed by atoms with E-state index in [1.54, 1.807) is 7.11 Å². The molecule has 0 bridgehead atoms. The van der Waals surface area contributed by atoms with Crippen molar-refractivity contribution >= 4 is 57.1 Å². The van der Waals surface area contributed by atoms with Gasteiger partial charge in [0.05, 0.1) is 0 Å². The summed E-state index contributed by atoms with van der Waals surface area (Å²) in [5.41, 5.74) is 19.1. The number of hydrogen-bond donors (Lipinski definition) is 2. The van der Waals surface area contributed by atoms with Crippen LogP contribution in [-0.2, 0) is 4.74 Å². The molecule has 0 aliphatic heterocycles. The van der Waals surface area contributed by atoms with Gasteiger partial charge in [-0.25, -0.2) is 0 Å². The maximum Gasteiger partial charge on any atom is 0.274 e. The first kappa shape index (κ1) is 27.6. The summed E-state index contributed by atoms with van der Waals surface area (Å²) in [4.78, 5) is 0. The summed E-state index contributed by atoms with van der Waals surface area (Å²) < 4.78 is 6.11. The van der Waals surface area contributed by atoms with E-state index in [4.69, 9.17) is 16.2 Å². The van der Waals surface area contributed by atoms with Crippen LogP contribution in [0.3, 0.4) is 0 Å². The summed E-state index contributed by atoms with van der Waals surface area (Å²) in [6.07, 6.45) is -0.160. The maximum atomic E-state index is 6.11. The number of rotatable bonds is 13. The van der Waals surface area contributed by atoms with E-state index >= 15 is 0 Å². The standard InChI is InChI=1S/C30H34B2N2OS2/c1-35-30(24-10-8-16-28(22-24)31(36-20-18-33)26-12-4-2-5-13-26)25-11-9-17-29(23-25)32(37-21-19-34)27-14-6-3-7-15-27/h2-17,22-23,30H,18-21,33-34H2,1H3. The summed E-state index contributed by atoms with van der Waals surface area (Å²) in [5, 5.41) is 0. The minimum absolute atomic E-state index is 0.160. The van der Waals surface area contributed by atoms with Crippen LogP contribution in [0.1, 0.15) is 17.2 Å². The normalized spacial score (nSPS) is 11.0. The minimum atomic E-state index is -0.160. The second-order valence-electron chi connectivity index (χ2n) is 8.86. The van der Waals surface area contributed by atoms with Crippen molar-refractivity contribution in [1.29, 1.82) is 0 Å². The molecule has 3 nitrogen and oxygen atoms in total. The van der Waals surface area contributed by atoms with Gasteiger partial charge in [0, 0.05) is 20.2 Å². The lowest BCUT2D eigenvalue weighted by Crippen LogP contribution is -2.40. The third-order valence-corrected chi connectivity index (χ3v) is 8.98. The largest absolute Gasteiger partial charge is 0.372 e. The van der Waals surface area contributed by atoms with Crippen LogP contribution in [0.5, 0.6) is 0 Å². The maximum absolute atomic E-state index is 6.11. The molecular formula is C30H34B2N2OS2. The van der Waals surface area contributed by atoms with E-state index in [0.717, 1.165) is 22.6 Å². The third kappa shape index (κ3) is 7.34. The molecule has 0 aliphatic rings. The first-order valence-electron chi connectivity index (χ1n) is 12.7. The zero-order valence-electron chi connectivity index (χ0n) is 21.3. The monoisotopic (exact) mass is 524 g/mol. The Morgan fingerprint density at radius 1 is 0.595 bits per heavy atom. The van der Waals surface area contributed by atoms with Gasteiger partial charge in [-0.1, -0.05) is 131 Å². The van der Waals surface area contributed by atoms with Crippen LogP contribution in [0.4, 0.5) is 0 Å². The Morgan fingerprint density at radius 3 is 1.38 bits per heavy atom. The molecule has 0 fully saturated rings. The van der Waals surface area contributed by atoms with Gasteiger partial charge < -0.3 is 16.2 Å². The van der Waals surface area contributed by atoms with Gasteiger partial charge in [-0.2, -0.15) is 23.2 Å². The minimum Gasteiger partial charge on any atom is -0.372 e. The Labute approximate surface area is 230 Å². The van der Waals surface area contributed by atoms with Crippen LogP contribution in [-0.4, -0.2) is 43.7 Å². The Morgan fingerprint density at radius 2 is 1.00 bits per heavy atom. The van der Waals surface area contributed by atoms with Crippen molar-refractivity contribution in [2.24, 2.45) is 11.5 Å². The van der Waals surface area contributed by atoms with E-state index in [9.17, 15) is 0 Å². The summed E-state index contributed by atoms with van der Waals surface area (Å²) in [6.45, 7) is 1.32. The molecule has 0 unspecified atom stereocenters. The molecule has 4 N–H and O–H groups in total. The van der Waals surface area contributed by atoms with E-state index < -0.39 is 0 Å². The van der Waals surface area contributed by atoms with Gasteiger partial charge in [0.25, 0.3) is 12.0 Å². The highest BCUT2D eigenvalue weighted by Crippen LogP contribution is 2.25. The second-order valence-corrected chi connectivity index (χ2v) is 11.3. The van der Waals surface area contributed by atoms with E-state index in [-0.39, 0.29) is 18.1 Å². The van der Waals surface area contributed by atoms with E-state index in [1.807, 2.05) is 23.2 Å². The molecule has 7 heteroatoms. The average Bonchev–Trinajstić information content (AvgIpc) is 2.96. The average molecular weight is 524 g/mol. The molecule has 0 amide bonds. The quantitative estimate of drug-likeness (QED) is 0.264. The van der Waals surface area contributed by atoms with Crippen molar-refractivity contribution in [1.82, 2.24) is 0 Å². The van der Waals surface area contributed by atoms with Crippen LogP contribution < -0.4 is 33.3 Å². The van der Waals surface area contributed by atoms with Gasteiger partial charge in [-0.05, 0) is 22.6 Å². The molecule has 0 heterocycles. The molecule has 4 aromatic rings. The van der Waals surface area contributed by atoms with Gasteiger partial charge in [-0.3, -0.25) is 0 Å². The molecule has 0 aliphatic carbocycles. The van der Waals surface area contributed by atoms with Crippen LogP contribution >= 0.6 is 23.2 Å². The SMILES string of the molecule is COC(c1cccc(B(SCCN)c2ccccc2)c1)c1cccc(B(SCCN)c2ccccc2)c1. The number of ether oxygens (including phenoxy) is 1. The van der Waals surface area contributed by atoms with Crippen LogP contribution in [0.25, 0.3) is 0 Å². The molecule has 0 saturated carbocycles. The molecule has 0 saturated heterocycles. The Kier molecular flexibility index (Phi) is 10.8. The van der Waals surface area contributed by atoms with Crippen LogP contribution in [0.2, 0.25) is 0 Å². The first-order valence-corrected chi connectivity index (χ1v) is 14.8. The van der Waals surface area contributed by atoms with Crippen molar-refractivity contribution in [3.8, 4) is 0 Å². The highest BCUT2D eigenvalue weighted by atomic mass is 32.2. The lowest BCUT2D eigenvalue weighted by molar-refractivity contribution is 0.136.